The molecule has 102 valence electrons. The van der Waals surface area contributed by atoms with Gasteiger partial charge in [0, 0.05) is 0 Å². The average molecular weight is 335 g/mol. The van der Waals surface area contributed by atoms with Crippen molar-refractivity contribution in [3.63, 3.8) is 0 Å². The number of sulfonamides is 1. The Labute approximate surface area is 122 Å². The van der Waals surface area contributed by atoms with E-state index in [-0.39, 0.29) is 10.1 Å². The van der Waals surface area contributed by atoms with Crippen LogP contribution >= 0.6 is 34.4 Å². The van der Waals surface area contributed by atoms with E-state index in [0.717, 1.165) is 15.5 Å². The Morgan fingerprint density at radius 2 is 2.26 bits per heavy atom. The van der Waals surface area contributed by atoms with Gasteiger partial charge in [0.2, 0.25) is 5.91 Å². The molecule has 0 bridgehead atoms. The van der Waals surface area contributed by atoms with Crippen LogP contribution in [-0.4, -0.2) is 30.3 Å². The largest absolute Gasteiger partial charge is 0.293 e. The maximum Gasteiger partial charge on any atom is 0.293 e. The van der Waals surface area contributed by atoms with Crippen LogP contribution in [-0.2, 0) is 14.8 Å². The minimum absolute atomic E-state index is 0.0392. The van der Waals surface area contributed by atoms with Crippen molar-refractivity contribution in [3.05, 3.63) is 22.5 Å². The number of nitrogens with zero attached hydrogens (tertiary/aromatic N) is 2. The summed E-state index contributed by atoms with van der Waals surface area (Å²) in [4.78, 5) is 11.6. The number of thiophene rings is 1. The molecular weight excluding hydrogens is 326 g/mol. The molecule has 0 aliphatic carbocycles. The van der Waals surface area contributed by atoms with E-state index in [1.807, 2.05) is 22.2 Å². The maximum atomic E-state index is 11.8. The topological polar surface area (TPSA) is 89.0 Å². The van der Waals surface area contributed by atoms with E-state index in [1.165, 1.54) is 23.1 Å². The Morgan fingerprint density at radius 1 is 1.47 bits per heavy atom. The number of aromatic nitrogens is 2. The van der Waals surface area contributed by atoms with E-state index in [0.29, 0.717) is 5.01 Å². The van der Waals surface area contributed by atoms with Gasteiger partial charge in [0.1, 0.15) is 5.01 Å². The second-order valence-electron chi connectivity index (χ2n) is 3.34. The molecule has 0 saturated carbocycles. The lowest BCUT2D eigenvalue weighted by Crippen LogP contribution is -2.31. The second kappa shape index (κ2) is 5.99. The number of carbonyl (C=O) groups is 1. The van der Waals surface area contributed by atoms with Crippen LogP contribution in [0, 0.1) is 6.92 Å². The summed E-state index contributed by atoms with van der Waals surface area (Å²) in [5.74, 6) is -0.538. The summed E-state index contributed by atoms with van der Waals surface area (Å²) in [5.41, 5.74) is 0. The molecule has 0 spiro atoms. The molecule has 10 heteroatoms. The quantitative estimate of drug-likeness (QED) is 0.833. The molecule has 1 amide bonds. The Balaban J connectivity index is 1.95. The SMILES string of the molecule is Cc1nnc(S(=O)(=O)NC(=O)CSc2cccs2)s1. The molecular formula is C9H9N3O3S4. The highest BCUT2D eigenvalue weighted by atomic mass is 32.2. The summed E-state index contributed by atoms with van der Waals surface area (Å²) < 4.78 is 26.3. The third-order valence-corrected chi connectivity index (χ3v) is 6.54. The Kier molecular flexibility index (Phi) is 4.55. The molecule has 0 atom stereocenters. The fourth-order valence-corrected chi connectivity index (χ4v) is 4.72. The predicted molar refractivity (Wildman–Crippen MR) is 75.0 cm³/mol. The van der Waals surface area contributed by atoms with Crippen molar-refractivity contribution < 1.29 is 13.2 Å². The number of rotatable bonds is 5. The fourth-order valence-electron chi connectivity index (χ4n) is 1.09. The highest BCUT2D eigenvalue weighted by Gasteiger charge is 2.22. The fraction of sp³-hybridized carbons (Fsp3) is 0.222. The number of aryl methyl sites for hydroxylation is 1. The first kappa shape index (κ1) is 14.4. The molecule has 2 heterocycles. The van der Waals surface area contributed by atoms with Crippen molar-refractivity contribution >= 4 is 50.4 Å². The van der Waals surface area contributed by atoms with Gasteiger partial charge in [-0.2, -0.15) is 8.42 Å². The van der Waals surface area contributed by atoms with Crippen molar-refractivity contribution in [2.75, 3.05) is 5.75 Å². The molecule has 0 saturated heterocycles. The summed E-state index contributed by atoms with van der Waals surface area (Å²) in [7, 11) is -3.89. The zero-order chi connectivity index (χ0) is 13.9. The van der Waals surface area contributed by atoms with Crippen molar-refractivity contribution in [2.45, 2.75) is 15.5 Å². The van der Waals surface area contributed by atoms with Gasteiger partial charge in [0.05, 0.1) is 9.96 Å². The van der Waals surface area contributed by atoms with Crippen molar-refractivity contribution in [3.8, 4) is 0 Å². The third kappa shape index (κ3) is 4.00. The van der Waals surface area contributed by atoms with Crippen LogP contribution in [0.2, 0.25) is 0 Å². The Hall–Kier alpha value is -0.970. The molecule has 2 aromatic rings. The number of carbonyl (C=O) groups excluding carboxylic acids is 1. The van der Waals surface area contributed by atoms with Gasteiger partial charge in [-0.1, -0.05) is 17.4 Å². The molecule has 0 radical (unpaired) electrons. The monoisotopic (exact) mass is 335 g/mol. The lowest BCUT2D eigenvalue weighted by atomic mass is 10.7. The van der Waals surface area contributed by atoms with Crippen LogP contribution in [0.3, 0.4) is 0 Å². The van der Waals surface area contributed by atoms with E-state index in [2.05, 4.69) is 10.2 Å². The molecule has 6 nitrogen and oxygen atoms in total. The first-order chi connectivity index (χ1) is 8.97. The normalized spacial score (nSPS) is 11.4. The Morgan fingerprint density at radius 3 is 2.84 bits per heavy atom. The number of amides is 1. The van der Waals surface area contributed by atoms with Gasteiger partial charge in [0.15, 0.2) is 0 Å². The summed E-state index contributed by atoms with van der Waals surface area (Å²) in [5, 5.41) is 9.54. The van der Waals surface area contributed by atoms with E-state index >= 15 is 0 Å². The standard InChI is InChI=1S/C9H9N3O3S4/c1-6-10-11-9(18-6)19(14,15)12-7(13)5-17-8-3-2-4-16-8/h2-4H,5H2,1H3,(H,12,13). The van der Waals surface area contributed by atoms with Gasteiger partial charge >= 0.3 is 0 Å². The van der Waals surface area contributed by atoms with Crippen molar-refractivity contribution in [1.29, 1.82) is 0 Å². The van der Waals surface area contributed by atoms with Crippen LogP contribution in [0.1, 0.15) is 5.01 Å². The number of hydrogen-bond acceptors (Lipinski definition) is 8. The van der Waals surface area contributed by atoms with Crippen molar-refractivity contribution in [1.82, 2.24) is 14.9 Å². The van der Waals surface area contributed by atoms with E-state index in [9.17, 15) is 13.2 Å². The minimum Gasteiger partial charge on any atom is -0.273 e. The lowest BCUT2D eigenvalue weighted by molar-refractivity contribution is -0.116. The number of thioether (sulfide) groups is 1. The zero-order valence-electron chi connectivity index (χ0n) is 9.69. The summed E-state index contributed by atoms with van der Waals surface area (Å²) in [6, 6.07) is 3.73. The highest BCUT2D eigenvalue weighted by molar-refractivity contribution is 8.01. The lowest BCUT2D eigenvalue weighted by Gasteiger charge is -2.02. The van der Waals surface area contributed by atoms with E-state index in [4.69, 9.17) is 0 Å². The molecule has 2 rings (SSSR count). The second-order valence-corrected chi connectivity index (χ2v) is 8.60. The van der Waals surface area contributed by atoms with Crippen LogP contribution in [0.4, 0.5) is 0 Å². The van der Waals surface area contributed by atoms with Crippen molar-refractivity contribution in [2.24, 2.45) is 0 Å². The molecule has 0 fully saturated rings. The predicted octanol–water partition coefficient (Wildman–Crippen LogP) is 1.51. The zero-order valence-corrected chi connectivity index (χ0v) is 13.0. The van der Waals surface area contributed by atoms with Gasteiger partial charge < -0.3 is 0 Å². The first-order valence-corrected chi connectivity index (χ1v) is 9.16. The highest BCUT2D eigenvalue weighted by Crippen LogP contribution is 2.23. The third-order valence-electron chi connectivity index (χ3n) is 1.83. The molecule has 0 unspecified atom stereocenters. The molecule has 2 aromatic heterocycles. The first-order valence-electron chi connectivity index (χ1n) is 4.99. The summed E-state index contributed by atoms with van der Waals surface area (Å²) >= 11 is 3.70. The Bertz CT molecular complexity index is 663. The smallest absolute Gasteiger partial charge is 0.273 e. The molecule has 1 N–H and O–H groups in total. The number of hydrogen-bond donors (Lipinski definition) is 1. The van der Waals surface area contributed by atoms with Gasteiger partial charge in [-0.25, -0.2) is 4.72 Å². The molecule has 0 aliphatic rings. The minimum atomic E-state index is -3.89. The average Bonchev–Trinajstić information content (AvgIpc) is 2.96. The summed E-state index contributed by atoms with van der Waals surface area (Å²) in [6.45, 7) is 1.64. The van der Waals surface area contributed by atoms with Gasteiger partial charge in [0.25, 0.3) is 14.4 Å². The van der Waals surface area contributed by atoms with Crippen LogP contribution in [0.5, 0.6) is 0 Å². The molecule has 0 aliphatic heterocycles. The van der Waals surface area contributed by atoms with Gasteiger partial charge in [-0.15, -0.1) is 33.3 Å². The van der Waals surface area contributed by atoms with Crippen LogP contribution in [0.25, 0.3) is 0 Å². The van der Waals surface area contributed by atoms with Gasteiger partial charge in [-0.3, -0.25) is 4.79 Å². The van der Waals surface area contributed by atoms with Crippen LogP contribution < -0.4 is 4.72 Å². The number of nitrogens with one attached hydrogen (secondary N) is 1. The maximum absolute atomic E-state index is 11.8. The molecule has 0 aromatic carbocycles. The van der Waals surface area contributed by atoms with Crippen LogP contribution in [0.15, 0.2) is 26.1 Å². The summed E-state index contributed by atoms with van der Waals surface area (Å²) in [6.07, 6.45) is 0. The van der Waals surface area contributed by atoms with Gasteiger partial charge in [-0.05, 0) is 18.4 Å². The molecule has 19 heavy (non-hydrogen) atoms. The van der Waals surface area contributed by atoms with E-state index in [1.54, 1.807) is 6.92 Å². The van der Waals surface area contributed by atoms with E-state index < -0.39 is 15.9 Å².